The first-order valence-corrected chi connectivity index (χ1v) is 5.61. The fourth-order valence-electron chi connectivity index (χ4n) is 1.63. The zero-order valence-electron chi connectivity index (χ0n) is 9.48. The van der Waals surface area contributed by atoms with E-state index in [9.17, 15) is 15.2 Å². The fourth-order valence-corrected chi connectivity index (χ4v) is 1.63. The normalized spacial score (nSPS) is 10.3. The summed E-state index contributed by atoms with van der Waals surface area (Å²) in [6, 6.07) is 4.60. The van der Waals surface area contributed by atoms with Gasteiger partial charge in [0.05, 0.1) is 4.92 Å². The molecule has 0 radical (unpaired) electrons. The number of aromatic hydroxyl groups is 1. The molecule has 0 fully saturated rings. The Kier molecular flexibility index (Phi) is 4.76. The molecule has 88 valence electrons. The molecule has 0 aliphatic rings. The van der Waals surface area contributed by atoms with E-state index < -0.39 is 4.92 Å². The summed E-state index contributed by atoms with van der Waals surface area (Å²) >= 11 is 0. The molecule has 1 rings (SSSR count). The molecule has 1 N–H and O–H groups in total. The van der Waals surface area contributed by atoms with Crippen LogP contribution in [0.5, 0.6) is 5.75 Å². The van der Waals surface area contributed by atoms with E-state index in [1.807, 2.05) is 0 Å². The van der Waals surface area contributed by atoms with Crippen molar-refractivity contribution in [1.82, 2.24) is 0 Å². The third-order valence-corrected chi connectivity index (χ3v) is 2.56. The van der Waals surface area contributed by atoms with Crippen molar-refractivity contribution in [3.05, 3.63) is 33.9 Å². The summed E-state index contributed by atoms with van der Waals surface area (Å²) in [5.74, 6) is -0.262. The summed E-state index contributed by atoms with van der Waals surface area (Å²) in [7, 11) is 0. The monoisotopic (exact) mass is 223 g/mol. The average molecular weight is 223 g/mol. The third kappa shape index (κ3) is 3.53. The number of nitro benzene ring substituents is 1. The number of phenols is 1. The molecule has 16 heavy (non-hydrogen) atoms. The lowest BCUT2D eigenvalue weighted by Gasteiger charge is -2.02. The predicted octanol–water partition coefficient (Wildman–Crippen LogP) is 3.42. The summed E-state index contributed by atoms with van der Waals surface area (Å²) in [6.07, 6.45) is 5.39. The molecular formula is C12H17NO3. The summed E-state index contributed by atoms with van der Waals surface area (Å²) in [4.78, 5) is 10.0. The van der Waals surface area contributed by atoms with Crippen molar-refractivity contribution < 1.29 is 10.0 Å². The van der Waals surface area contributed by atoms with Gasteiger partial charge in [-0.25, -0.2) is 0 Å². The third-order valence-electron chi connectivity index (χ3n) is 2.56. The van der Waals surface area contributed by atoms with Crippen molar-refractivity contribution in [3.8, 4) is 5.75 Å². The second-order valence-electron chi connectivity index (χ2n) is 3.89. The number of nitrogens with zero attached hydrogens (tertiary/aromatic N) is 1. The minimum absolute atomic E-state index is 0.201. The largest absolute Gasteiger partial charge is 0.502 e. The Balaban J connectivity index is 2.61. The zero-order valence-corrected chi connectivity index (χ0v) is 9.48. The Morgan fingerprint density at radius 1 is 1.31 bits per heavy atom. The predicted molar refractivity (Wildman–Crippen MR) is 62.6 cm³/mol. The SMILES string of the molecule is CCCCCCc1ccc(O)c([N+](=O)[O-])c1. The summed E-state index contributed by atoms with van der Waals surface area (Å²) in [6.45, 7) is 2.14. The number of nitro groups is 1. The maximum atomic E-state index is 10.6. The lowest BCUT2D eigenvalue weighted by atomic mass is 10.1. The van der Waals surface area contributed by atoms with E-state index in [2.05, 4.69) is 6.92 Å². The average Bonchev–Trinajstić information content (AvgIpc) is 2.26. The van der Waals surface area contributed by atoms with Gasteiger partial charge in [-0.3, -0.25) is 10.1 Å². The molecule has 4 nitrogen and oxygen atoms in total. The molecule has 0 aromatic heterocycles. The highest BCUT2D eigenvalue weighted by molar-refractivity contribution is 5.47. The number of rotatable bonds is 6. The van der Waals surface area contributed by atoms with Gasteiger partial charge < -0.3 is 5.11 Å². The highest BCUT2D eigenvalue weighted by Gasteiger charge is 2.12. The minimum Gasteiger partial charge on any atom is -0.502 e. The second-order valence-corrected chi connectivity index (χ2v) is 3.89. The van der Waals surface area contributed by atoms with Crippen molar-refractivity contribution in [2.24, 2.45) is 0 Å². The summed E-state index contributed by atoms with van der Waals surface area (Å²) < 4.78 is 0. The molecule has 0 saturated carbocycles. The Morgan fingerprint density at radius 3 is 2.69 bits per heavy atom. The first-order chi connectivity index (χ1) is 7.65. The molecule has 1 aromatic carbocycles. The minimum atomic E-state index is -0.551. The van der Waals surface area contributed by atoms with Gasteiger partial charge in [0.2, 0.25) is 0 Å². The van der Waals surface area contributed by atoms with E-state index in [1.54, 1.807) is 6.07 Å². The first kappa shape index (κ1) is 12.5. The van der Waals surface area contributed by atoms with E-state index in [4.69, 9.17) is 0 Å². The molecule has 0 amide bonds. The van der Waals surface area contributed by atoms with Crippen LogP contribution in [0, 0.1) is 10.1 Å². The van der Waals surface area contributed by atoms with Gasteiger partial charge in [-0.1, -0.05) is 32.3 Å². The standard InChI is InChI=1S/C12H17NO3/c1-2-3-4-5-6-10-7-8-12(14)11(9-10)13(15)16/h7-9,14H,2-6H2,1H3. The Hall–Kier alpha value is -1.58. The van der Waals surface area contributed by atoms with Crippen molar-refractivity contribution >= 4 is 5.69 Å². The Labute approximate surface area is 95.1 Å². The van der Waals surface area contributed by atoms with Crippen LogP contribution in [-0.4, -0.2) is 10.0 Å². The topological polar surface area (TPSA) is 63.4 Å². The quantitative estimate of drug-likeness (QED) is 0.456. The first-order valence-electron chi connectivity index (χ1n) is 5.61. The summed E-state index contributed by atoms with van der Waals surface area (Å²) in [5, 5.41) is 19.9. The van der Waals surface area contributed by atoms with Crippen LogP contribution >= 0.6 is 0 Å². The van der Waals surface area contributed by atoms with Crippen LogP contribution in [0.1, 0.15) is 38.2 Å². The molecule has 1 aromatic rings. The maximum Gasteiger partial charge on any atom is 0.310 e. The van der Waals surface area contributed by atoms with E-state index in [0.717, 1.165) is 24.8 Å². The van der Waals surface area contributed by atoms with Crippen molar-refractivity contribution in [2.75, 3.05) is 0 Å². The second kappa shape index (κ2) is 6.10. The Bertz CT molecular complexity index is 363. The maximum absolute atomic E-state index is 10.6. The van der Waals surface area contributed by atoms with Gasteiger partial charge in [-0.2, -0.15) is 0 Å². The van der Waals surface area contributed by atoms with E-state index in [-0.39, 0.29) is 11.4 Å². The van der Waals surface area contributed by atoms with E-state index >= 15 is 0 Å². The van der Waals surface area contributed by atoms with Crippen molar-refractivity contribution in [3.63, 3.8) is 0 Å². The number of aryl methyl sites for hydroxylation is 1. The van der Waals surface area contributed by atoms with Crippen LogP contribution in [0.3, 0.4) is 0 Å². The van der Waals surface area contributed by atoms with Crippen LogP contribution < -0.4 is 0 Å². The lowest BCUT2D eigenvalue weighted by Crippen LogP contribution is -1.92. The molecule has 0 heterocycles. The van der Waals surface area contributed by atoms with E-state index in [1.165, 1.54) is 25.0 Å². The van der Waals surface area contributed by atoms with Gasteiger partial charge in [-0.05, 0) is 24.5 Å². The number of phenolic OH excluding ortho intramolecular Hbond substituents is 1. The zero-order chi connectivity index (χ0) is 12.0. The molecular weight excluding hydrogens is 206 g/mol. The molecule has 0 bridgehead atoms. The number of hydrogen-bond donors (Lipinski definition) is 1. The fraction of sp³-hybridized carbons (Fsp3) is 0.500. The van der Waals surface area contributed by atoms with Gasteiger partial charge in [0.15, 0.2) is 5.75 Å². The lowest BCUT2D eigenvalue weighted by molar-refractivity contribution is -0.385. The molecule has 4 heteroatoms. The molecule has 0 atom stereocenters. The van der Waals surface area contributed by atoms with E-state index in [0.29, 0.717) is 0 Å². The van der Waals surface area contributed by atoms with Crippen molar-refractivity contribution in [2.45, 2.75) is 39.0 Å². The molecule has 0 spiro atoms. The van der Waals surface area contributed by atoms with Crippen LogP contribution in [-0.2, 0) is 6.42 Å². The number of benzene rings is 1. The van der Waals surface area contributed by atoms with Gasteiger partial charge in [-0.15, -0.1) is 0 Å². The van der Waals surface area contributed by atoms with Crippen LogP contribution in [0.2, 0.25) is 0 Å². The van der Waals surface area contributed by atoms with Gasteiger partial charge in [0, 0.05) is 6.07 Å². The van der Waals surface area contributed by atoms with Crippen LogP contribution in [0.15, 0.2) is 18.2 Å². The highest BCUT2D eigenvalue weighted by atomic mass is 16.6. The summed E-state index contributed by atoms with van der Waals surface area (Å²) in [5.41, 5.74) is 0.716. The molecule has 0 saturated heterocycles. The smallest absolute Gasteiger partial charge is 0.310 e. The van der Waals surface area contributed by atoms with Gasteiger partial charge in [0.25, 0.3) is 0 Å². The van der Waals surface area contributed by atoms with Gasteiger partial charge >= 0.3 is 5.69 Å². The van der Waals surface area contributed by atoms with Crippen LogP contribution in [0.25, 0.3) is 0 Å². The molecule has 0 aliphatic carbocycles. The van der Waals surface area contributed by atoms with Crippen LogP contribution in [0.4, 0.5) is 5.69 Å². The molecule has 0 aliphatic heterocycles. The Morgan fingerprint density at radius 2 is 2.06 bits per heavy atom. The number of hydrogen-bond acceptors (Lipinski definition) is 3. The van der Waals surface area contributed by atoms with Gasteiger partial charge in [0.1, 0.15) is 0 Å². The number of unbranched alkanes of at least 4 members (excludes halogenated alkanes) is 3. The van der Waals surface area contributed by atoms with Crippen molar-refractivity contribution in [1.29, 1.82) is 0 Å². The molecule has 0 unspecified atom stereocenters. The highest BCUT2D eigenvalue weighted by Crippen LogP contribution is 2.26.